The molecule has 1 heterocycles. The molecule has 0 aliphatic carbocycles. The molecule has 0 aromatic carbocycles. The number of aliphatic hydroxyl groups is 1. The van der Waals surface area contributed by atoms with Gasteiger partial charge in [0.05, 0.1) is 33.0 Å². The maximum Gasteiger partial charge on any atom is 0.167 e. The predicted molar refractivity (Wildman–Crippen MR) is 42.8 cm³/mol. The minimum absolute atomic E-state index is 0.0679. The Hall–Kier alpha value is -0.160. The highest BCUT2D eigenvalue weighted by Crippen LogP contribution is 2.21. The summed E-state index contributed by atoms with van der Waals surface area (Å²) in [4.78, 5) is 0. The van der Waals surface area contributed by atoms with Crippen LogP contribution in [-0.2, 0) is 14.2 Å². The Kier molecular flexibility index (Phi) is 3.94. The molecule has 0 amide bonds. The van der Waals surface area contributed by atoms with Crippen LogP contribution in [0.5, 0.6) is 0 Å². The molecular formula is C8H16O4. The molecule has 0 radical (unpaired) electrons. The summed E-state index contributed by atoms with van der Waals surface area (Å²) in [5.74, 6) is -0.463. The fraction of sp³-hybridized carbons (Fsp3) is 1.00. The number of hydrogen-bond donors (Lipinski definition) is 1. The van der Waals surface area contributed by atoms with Crippen molar-refractivity contribution in [3.8, 4) is 0 Å². The van der Waals surface area contributed by atoms with Crippen molar-refractivity contribution >= 4 is 0 Å². The first kappa shape index (κ1) is 9.92. The van der Waals surface area contributed by atoms with Crippen LogP contribution in [0.25, 0.3) is 0 Å². The van der Waals surface area contributed by atoms with E-state index in [1.165, 1.54) is 0 Å². The summed E-state index contributed by atoms with van der Waals surface area (Å²) in [5, 5.41) is 8.43. The number of ether oxygens (including phenoxy) is 3. The van der Waals surface area contributed by atoms with Gasteiger partial charge in [-0.3, -0.25) is 0 Å². The van der Waals surface area contributed by atoms with Gasteiger partial charge >= 0.3 is 0 Å². The predicted octanol–water partition coefficient (Wildman–Crippen LogP) is 0.148. The lowest BCUT2D eigenvalue weighted by atomic mass is 10.2. The van der Waals surface area contributed by atoms with E-state index in [9.17, 15) is 0 Å². The van der Waals surface area contributed by atoms with Gasteiger partial charge in [0.15, 0.2) is 5.79 Å². The smallest absolute Gasteiger partial charge is 0.167 e. The molecule has 0 aromatic rings. The van der Waals surface area contributed by atoms with Gasteiger partial charge in [0.1, 0.15) is 0 Å². The minimum atomic E-state index is -0.463. The van der Waals surface area contributed by atoms with Gasteiger partial charge in [-0.05, 0) is 6.92 Å². The lowest BCUT2D eigenvalue weighted by Gasteiger charge is -2.21. The van der Waals surface area contributed by atoms with Crippen LogP contribution in [0, 0.1) is 0 Å². The monoisotopic (exact) mass is 176 g/mol. The number of hydrogen-bond acceptors (Lipinski definition) is 4. The first-order chi connectivity index (χ1) is 5.77. The third kappa shape index (κ3) is 3.06. The lowest BCUT2D eigenvalue weighted by molar-refractivity contribution is -0.155. The van der Waals surface area contributed by atoms with E-state index < -0.39 is 5.79 Å². The molecule has 0 atom stereocenters. The van der Waals surface area contributed by atoms with E-state index in [4.69, 9.17) is 19.3 Å². The van der Waals surface area contributed by atoms with Gasteiger partial charge in [-0.2, -0.15) is 0 Å². The highest BCUT2D eigenvalue weighted by molar-refractivity contribution is 4.67. The first-order valence-corrected chi connectivity index (χ1v) is 4.23. The van der Waals surface area contributed by atoms with Crippen molar-refractivity contribution < 1.29 is 19.3 Å². The molecule has 1 saturated heterocycles. The minimum Gasteiger partial charge on any atom is -0.394 e. The van der Waals surface area contributed by atoms with Crippen LogP contribution in [0.3, 0.4) is 0 Å². The molecule has 1 N–H and O–H groups in total. The molecule has 4 nitrogen and oxygen atoms in total. The molecule has 12 heavy (non-hydrogen) atoms. The Morgan fingerprint density at radius 2 is 2.00 bits per heavy atom. The lowest BCUT2D eigenvalue weighted by Crippen LogP contribution is -2.27. The van der Waals surface area contributed by atoms with Gasteiger partial charge in [0.25, 0.3) is 0 Å². The van der Waals surface area contributed by atoms with Gasteiger partial charge < -0.3 is 19.3 Å². The molecule has 1 rings (SSSR count). The molecule has 1 aliphatic heterocycles. The normalized spacial score (nSPS) is 21.5. The molecule has 1 fully saturated rings. The molecule has 0 saturated carbocycles. The summed E-state index contributed by atoms with van der Waals surface area (Å²) in [6.45, 7) is 4.25. The van der Waals surface area contributed by atoms with E-state index in [0.717, 1.165) is 0 Å². The van der Waals surface area contributed by atoms with Crippen LogP contribution in [0.4, 0.5) is 0 Å². The van der Waals surface area contributed by atoms with Crippen LogP contribution >= 0.6 is 0 Å². The maximum atomic E-state index is 8.43. The zero-order valence-electron chi connectivity index (χ0n) is 7.41. The summed E-state index contributed by atoms with van der Waals surface area (Å²) in [6.07, 6.45) is 0.715. The van der Waals surface area contributed by atoms with Crippen molar-refractivity contribution in [2.45, 2.75) is 19.1 Å². The van der Waals surface area contributed by atoms with E-state index in [0.29, 0.717) is 32.8 Å². The summed E-state index contributed by atoms with van der Waals surface area (Å²) in [6, 6.07) is 0. The second-order valence-electron chi connectivity index (χ2n) is 2.92. The van der Waals surface area contributed by atoms with Crippen LogP contribution in [0.2, 0.25) is 0 Å². The third-order valence-corrected chi connectivity index (χ3v) is 1.83. The van der Waals surface area contributed by atoms with Crippen molar-refractivity contribution in [2.75, 3.05) is 33.0 Å². The van der Waals surface area contributed by atoms with Crippen molar-refractivity contribution in [2.24, 2.45) is 0 Å². The van der Waals surface area contributed by atoms with E-state index in [1.807, 2.05) is 6.92 Å². The average molecular weight is 176 g/mol. The SMILES string of the molecule is CC1(CCOCCO)OCCO1. The number of aliphatic hydroxyl groups excluding tert-OH is 1. The van der Waals surface area contributed by atoms with Gasteiger partial charge in [0.2, 0.25) is 0 Å². The van der Waals surface area contributed by atoms with Crippen LogP contribution < -0.4 is 0 Å². The Morgan fingerprint density at radius 1 is 1.33 bits per heavy atom. The zero-order valence-corrected chi connectivity index (χ0v) is 7.41. The molecule has 0 spiro atoms. The molecule has 0 aromatic heterocycles. The summed E-state index contributed by atoms with van der Waals surface area (Å²) >= 11 is 0. The number of rotatable bonds is 5. The summed E-state index contributed by atoms with van der Waals surface area (Å²) in [5.41, 5.74) is 0. The first-order valence-electron chi connectivity index (χ1n) is 4.23. The van der Waals surface area contributed by atoms with Gasteiger partial charge in [0, 0.05) is 6.42 Å². The Labute approximate surface area is 72.4 Å². The zero-order chi connectivity index (χ0) is 8.86. The Bertz CT molecular complexity index is 120. The van der Waals surface area contributed by atoms with Gasteiger partial charge in [-0.15, -0.1) is 0 Å². The average Bonchev–Trinajstić information content (AvgIpc) is 2.47. The van der Waals surface area contributed by atoms with Crippen molar-refractivity contribution in [3.63, 3.8) is 0 Å². The maximum absolute atomic E-state index is 8.43. The molecule has 0 bridgehead atoms. The van der Waals surface area contributed by atoms with E-state index in [2.05, 4.69) is 0 Å². The molecule has 0 unspecified atom stereocenters. The molecule has 1 aliphatic rings. The quantitative estimate of drug-likeness (QED) is 0.606. The second kappa shape index (κ2) is 4.77. The molecular weight excluding hydrogens is 160 g/mol. The van der Waals surface area contributed by atoms with Crippen LogP contribution in [0.15, 0.2) is 0 Å². The van der Waals surface area contributed by atoms with E-state index >= 15 is 0 Å². The topological polar surface area (TPSA) is 47.9 Å². The standard InChI is InChI=1S/C8H16O4/c1-8(11-6-7-12-8)2-4-10-5-3-9/h9H,2-7H2,1H3. The Morgan fingerprint density at radius 3 is 2.58 bits per heavy atom. The second-order valence-corrected chi connectivity index (χ2v) is 2.92. The molecule has 4 heteroatoms. The highest BCUT2D eigenvalue weighted by atomic mass is 16.7. The summed E-state index contributed by atoms with van der Waals surface area (Å²) in [7, 11) is 0. The molecule has 72 valence electrons. The van der Waals surface area contributed by atoms with Crippen LogP contribution in [-0.4, -0.2) is 43.9 Å². The largest absolute Gasteiger partial charge is 0.394 e. The fourth-order valence-electron chi connectivity index (χ4n) is 1.13. The van der Waals surface area contributed by atoms with E-state index in [1.54, 1.807) is 0 Å². The van der Waals surface area contributed by atoms with Crippen molar-refractivity contribution in [3.05, 3.63) is 0 Å². The van der Waals surface area contributed by atoms with Crippen LogP contribution in [0.1, 0.15) is 13.3 Å². The summed E-state index contributed by atoms with van der Waals surface area (Å²) < 4.78 is 15.8. The highest BCUT2D eigenvalue weighted by Gasteiger charge is 2.30. The van der Waals surface area contributed by atoms with Crippen molar-refractivity contribution in [1.82, 2.24) is 0 Å². The fourth-order valence-corrected chi connectivity index (χ4v) is 1.13. The van der Waals surface area contributed by atoms with Crippen molar-refractivity contribution in [1.29, 1.82) is 0 Å². The van der Waals surface area contributed by atoms with E-state index in [-0.39, 0.29) is 6.61 Å². The Balaban J connectivity index is 2.05. The van der Waals surface area contributed by atoms with Gasteiger partial charge in [-0.25, -0.2) is 0 Å². The van der Waals surface area contributed by atoms with Gasteiger partial charge in [-0.1, -0.05) is 0 Å². The third-order valence-electron chi connectivity index (χ3n) is 1.83.